The maximum Gasteiger partial charge on any atom is 0.139 e. The van der Waals surface area contributed by atoms with E-state index >= 15 is 0 Å². The summed E-state index contributed by atoms with van der Waals surface area (Å²) in [4.78, 5) is 12.5. The number of fused-ring (bicyclic) bond motifs is 3. The predicted octanol–water partition coefficient (Wildman–Crippen LogP) is 3.66. The lowest BCUT2D eigenvalue weighted by atomic mass is 9.90. The van der Waals surface area contributed by atoms with Gasteiger partial charge in [0.15, 0.2) is 0 Å². The van der Waals surface area contributed by atoms with E-state index in [0.29, 0.717) is 18.5 Å². The van der Waals surface area contributed by atoms with Crippen molar-refractivity contribution in [3.8, 4) is 0 Å². The molecule has 5 nitrogen and oxygen atoms in total. The molecule has 0 amide bonds. The van der Waals surface area contributed by atoms with Crippen LogP contribution >= 0.6 is 11.3 Å². The van der Waals surface area contributed by atoms with Crippen LogP contribution in [-0.2, 0) is 6.42 Å². The van der Waals surface area contributed by atoms with Crippen molar-refractivity contribution in [1.82, 2.24) is 14.9 Å². The molecule has 3 aromatic rings. The lowest BCUT2D eigenvalue weighted by molar-refractivity contribution is 0.221. The highest BCUT2D eigenvalue weighted by atomic mass is 32.1. The maximum absolute atomic E-state index is 9.44. The third kappa shape index (κ3) is 3.29. The molecular weight excluding hydrogens is 344 g/mol. The molecular formula is C20H26N4OS. The first kappa shape index (κ1) is 17.6. The Morgan fingerprint density at radius 1 is 1.15 bits per heavy atom. The van der Waals surface area contributed by atoms with Crippen LogP contribution in [-0.4, -0.2) is 52.8 Å². The quantitative estimate of drug-likeness (QED) is 0.718. The lowest BCUT2D eigenvalue weighted by Crippen LogP contribution is -2.36. The Morgan fingerprint density at radius 3 is 2.69 bits per heavy atom. The summed E-state index contributed by atoms with van der Waals surface area (Å²) in [6.07, 6.45) is 7.10. The van der Waals surface area contributed by atoms with Gasteiger partial charge in [0.05, 0.1) is 5.39 Å². The minimum Gasteiger partial charge on any atom is -0.396 e. The van der Waals surface area contributed by atoms with Crippen molar-refractivity contribution >= 4 is 37.5 Å². The van der Waals surface area contributed by atoms with Crippen LogP contribution < -0.4 is 5.32 Å². The smallest absolute Gasteiger partial charge is 0.139 e. The van der Waals surface area contributed by atoms with Gasteiger partial charge < -0.3 is 15.3 Å². The average molecular weight is 371 g/mol. The number of hydrogen-bond acceptors (Lipinski definition) is 6. The summed E-state index contributed by atoms with van der Waals surface area (Å²) in [7, 11) is 4.35. The molecule has 0 radical (unpaired) electrons. The average Bonchev–Trinajstić information content (AvgIpc) is 3.03. The van der Waals surface area contributed by atoms with E-state index < -0.39 is 0 Å². The van der Waals surface area contributed by atoms with Gasteiger partial charge in [-0.3, -0.25) is 0 Å². The molecule has 0 bridgehead atoms. The van der Waals surface area contributed by atoms with Crippen molar-refractivity contribution in [2.45, 2.75) is 44.2 Å². The predicted molar refractivity (Wildman–Crippen MR) is 109 cm³/mol. The minimum absolute atomic E-state index is 0.154. The summed E-state index contributed by atoms with van der Waals surface area (Å²) in [5.41, 5.74) is 1.17. The highest BCUT2D eigenvalue weighted by molar-refractivity contribution is 7.25. The van der Waals surface area contributed by atoms with Gasteiger partial charge in [-0.25, -0.2) is 9.97 Å². The van der Waals surface area contributed by atoms with Crippen molar-refractivity contribution in [2.75, 3.05) is 26.0 Å². The molecule has 0 unspecified atom stereocenters. The summed E-state index contributed by atoms with van der Waals surface area (Å²) >= 11 is 1.70. The summed E-state index contributed by atoms with van der Waals surface area (Å²) in [6, 6.07) is 7.45. The van der Waals surface area contributed by atoms with Crippen molar-refractivity contribution in [3.05, 3.63) is 30.1 Å². The van der Waals surface area contributed by atoms with E-state index in [-0.39, 0.29) is 6.61 Å². The highest BCUT2D eigenvalue weighted by Gasteiger charge is 2.24. The lowest BCUT2D eigenvalue weighted by Gasteiger charge is -2.33. The van der Waals surface area contributed by atoms with E-state index in [9.17, 15) is 5.11 Å². The Balaban J connectivity index is 1.68. The Hall–Kier alpha value is -1.76. The molecule has 6 heteroatoms. The largest absolute Gasteiger partial charge is 0.396 e. The van der Waals surface area contributed by atoms with Crippen LogP contribution in [0.2, 0.25) is 0 Å². The standard InChI is InChI=1S/C20H26N4OS/c1-24(2)15-8-6-14(7-9-15)23-19-18-17-13(10-11-25)4-3-5-16(17)26-20(18)22-12-21-19/h3-5,12,14-15,25H,6-11H2,1-2H3,(H,21,22,23). The zero-order chi connectivity index (χ0) is 18.1. The van der Waals surface area contributed by atoms with E-state index in [4.69, 9.17) is 0 Å². The number of aliphatic hydroxyl groups excluding tert-OH is 1. The molecule has 4 rings (SSSR count). The second-order valence-electron chi connectivity index (χ2n) is 7.38. The third-order valence-corrected chi connectivity index (χ3v) is 6.59. The Bertz CT molecular complexity index is 899. The molecule has 1 aliphatic carbocycles. The second-order valence-corrected chi connectivity index (χ2v) is 8.41. The van der Waals surface area contributed by atoms with Crippen LogP contribution in [0.1, 0.15) is 31.2 Å². The van der Waals surface area contributed by atoms with Gasteiger partial charge in [-0.2, -0.15) is 0 Å². The summed E-state index contributed by atoms with van der Waals surface area (Å²) in [6.45, 7) is 0.154. The van der Waals surface area contributed by atoms with E-state index in [1.807, 2.05) is 0 Å². The molecule has 1 fully saturated rings. The Morgan fingerprint density at radius 2 is 1.96 bits per heavy atom. The topological polar surface area (TPSA) is 61.3 Å². The summed E-state index contributed by atoms with van der Waals surface area (Å²) in [5.74, 6) is 0.944. The van der Waals surface area contributed by atoms with Crippen molar-refractivity contribution in [3.63, 3.8) is 0 Å². The highest BCUT2D eigenvalue weighted by Crippen LogP contribution is 2.38. The van der Waals surface area contributed by atoms with Crippen LogP contribution in [0.3, 0.4) is 0 Å². The van der Waals surface area contributed by atoms with E-state index in [1.165, 1.54) is 41.3 Å². The zero-order valence-electron chi connectivity index (χ0n) is 15.4. The fourth-order valence-electron chi connectivity index (χ4n) is 4.09. The normalized spacial score (nSPS) is 20.9. The van der Waals surface area contributed by atoms with Gasteiger partial charge >= 0.3 is 0 Å². The van der Waals surface area contributed by atoms with Gasteiger partial charge in [0.25, 0.3) is 0 Å². The first-order valence-corrected chi connectivity index (χ1v) is 10.2. The molecule has 1 saturated carbocycles. The van der Waals surface area contributed by atoms with E-state index in [1.54, 1.807) is 17.7 Å². The van der Waals surface area contributed by atoms with Gasteiger partial charge in [-0.15, -0.1) is 11.3 Å². The van der Waals surface area contributed by atoms with Crippen molar-refractivity contribution in [1.29, 1.82) is 0 Å². The summed E-state index contributed by atoms with van der Waals surface area (Å²) in [5, 5.41) is 15.5. The molecule has 0 atom stereocenters. The van der Waals surface area contributed by atoms with Crippen molar-refractivity contribution < 1.29 is 5.11 Å². The van der Waals surface area contributed by atoms with Crippen LogP contribution in [0, 0.1) is 0 Å². The fraction of sp³-hybridized carbons (Fsp3) is 0.500. The Labute approximate surface area is 158 Å². The maximum atomic E-state index is 9.44. The molecule has 1 aliphatic rings. The Kier molecular flexibility index (Phi) is 5.07. The number of thiophene rings is 1. The van der Waals surface area contributed by atoms with Crippen LogP contribution in [0.25, 0.3) is 20.3 Å². The molecule has 0 saturated heterocycles. The van der Waals surface area contributed by atoms with Gasteiger partial charge in [0.1, 0.15) is 17.0 Å². The number of aliphatic hydroxyl groups is 1. The molecule has 2 aromatic heterocycles. The van der Waals surface area contributed by atoms with Crippen molar-refractivity contribution in [2.24, 2.45) is 0 Å². The van der Waals surface area contributed by atoms with Gasteiger partial charge in [0.2, 0.25) is 0 Å². The number of aromatic nitrogens is 2. The number of rotatable bonds is 5. The van der Waals surface area contributed by atoms with Gasteiger partial charge in [0, 0.05) is 28.8 Å². The molecule has 0 aliphatic heterocycles. The molecule has 2 N–H and O–H groups in total. The molecule has 1 aromatic carbocycles. The molecule has 138 valence electrons. The van der Waals surface area contributed by atoms with E-state index in [2.05, 4.69) is 52.5 Å². The summed E-state index contributed by atoms with van der Waals surface area (Å²) < 4.78 is 1.21. The number of nitrogens with one attached hydrogen (secondary N) is 1. The van der Waals surface area contributed by atoms with E-state index in [0.717, 1.165) is 16.0 Å². The number of benzene rings is 1. The molecule has 2 heterocycles. The number of nitrogens with zero attached hydrogens (tertiary/aromatic N) is 3. The minimum atomic E-state index is 0.154. The SMILES string of the molecule is CN(C)C1CCC(Nc2ncnc3sc4cccc(CCO)c4c23)CC1. The second kappa shape index (κ2) is 7.47. The monoisotopic (exact) mass is 370 g/mol. The fourth-order valence-corrected chi connectivity index (χ4v) is 5.18. The molecule has 26 heavy (non-hydrogen) atoms. The molecule has 0 spiro atoms. The van der Waals surface area contributed by atoms with Crippen LogP contribution in [0.4, 0.5) is 5.82 Å². The number of anilines is 1. The zero-order valence-corrected chi connectivity index (χ0v) is 16.2. The van der Waals surface area contributed by atoms with Gasteiger partial charge in [-0.1, -0.05) is 12.1 Å². The third-order valence-electron chi connectivity index (χ3n) is 5.53. The number of hydrogen-bond donors (Lipinski definition) is 2. The van der Waals surface area contributed by atoms with Crippen LogP contribution in [0.15, 0.2) is 24.5 Å². The first-order valence-electron chi connectivity index (χ1n) is 9.36. The van der Waals surface area contributed by atoms with Gasteiger partial charge in [-0.05, 0) is 57.8 Å². The van der Waals surface area contributed by atoms with Crippen LogP contribution in [0.5, 0.6) is 0 Å². The first-order chi connectivity index (χ1) is 12.7.